The van der Waals surface area contributed by atoms with Crippen LogP contribution in [0, 0.1) is 5.92 Å². The lowest BCUT2D eigenvalue weighted by Crippen LogP contribution is -2.40. The predicted molar refractivity (Wildman–Crippen MR) is 83.1 cm³/mol. The largest absolute Gasteiger partial charge is 0.356 e. The van der Waals surface area contributed by atoms with Gasteiger partial charge in [-0.1, -0.05) is 23.2 Å². The van der Waals surface area contributed by atoms with Gasteiger partial charge in [0.1, 0.15) is 0 Å². The Morgan fingerprint density at radius 2 is 2.25 bits per heavy atom. The normalized spacial score (nSPS) is 19.9. The summed E-state index contributed by atoms with van der Waals surface area (Å²) in [5, 5.41) is 4.39. The van der Waals surface area contributed by atoms with E-state index in [4.69, 9.17) is 23.2 Å². The number of rotatable bonds is 4. The summed E-state index contributed by atoms with van der Waals surface area (Å²) >= 11 is 12.2. The van der Waals surface area contributed by atoms with E-state index in [2.05, 4.69) is 10.2 Å². The maximum atomic E-state index is 11.0. The molecule has 0 bridgehead atoms. The van der Waals surface area contributed by atoms with Gasteiger partial charge < -0.3 is 5.32 Å². The molecule has 5 heteroatoms. The third kappa shape index (κ3) is 4.65. The van der Waals surface area contributed by atoms with Gasteiger partial charge in [-0.3, -0.25) is 9.69 Å². The molecule has 1 amide bonds. The summed E-state index contributed by atoms with van der Waals surface area (Å²) in [5.41, 5.74) is 1.07. The second-order valence-corrected chi connectivity index (χ2v) is 6.26. The van der Waals surface area contributed by atoms with Gasteiger partial charge in [-0.25, -0.2) is 0 Å². The molecular weight excluding hydrogens is 295 g/mol. The minimum absolute atomic E-state index is 0.0417. The van der Waals surface area contributed by atoms with Crippen molar-refractivity contribution in [2.45, 2.75) is 26.3 Å². The Kier molecular flexibility index (Phi) is 5.70. The number of carbonyl (C=O) groups excluding carboxylic acids is 1. The summed E-state index contributed by atoms with van der Waals surface area (Å²) < 4.78 is 0. The molecule has 0 saturated carbocycles. The zero-order chi connectivity index (χ0) is 14.5. The monoisotopic (exact) mass is 314 g/mol. The van der Waals surface area contributed by atoms with Crippen LogP contribution in [0.25, 0.3) is 0 Å². The second-order valence-electron chi connectivity index (χ2n) is 5.42. The summed E-state index contributed by atoms with van der Waals surface area (Å²) in [6, 6.07) is 5.59. The van der Waals surface area contributed by atoms with E-state index < -0.39 is 0 Å². The summed E-state index contributed by atoms with van der Waals surface area (Å²) in [6.07, 6.45) is 2.32. The quantitative estimate of drug-likeness (QED) is 0.924. The van der Waals surface area contributed by atoms with Crippen molar-refractivity contribution in [2.75, 3.05) is 19.6 Å². The molecule has 2 rings (SSSR count). The van der Waals surface area contributed by atoms with Crippen LogP contribution in [0.1, 0.15) is 25.3 Å². The lowest BCUT2D eigenvalue weighted by atomic mass is 9.97. The number of piperidine rings is 1. The van der Waals surface area contributed by atoms with E-state index in [9.17, 15) is 4.79 Å². The van der Waals surface area contributed by atoms with Gasteiger partial charge in [0.25, 0.3) is 0 Å². The predicted octanol–water partition coefficient (Wildman–Crippen LogP) is 3.34. The van der Waals surface area contributed by atoms with Crippen molar-refractivity contribution >= 4 is 29.1 Å². The molecule has 20 heavy (non-hydrogen) atoms. The highest BCUT2D eigenvalue weighted by molar-refractivity contribution is 6.33. The van der Waals surface area contributed by atoms with Gasteiger partial charge in [0, 0.05) is 36.6 Å². The summed E-state index contributed by atoms with van der Waals surface area (Å²) in [7, 11) is 0. The van der Waals surface area contributed by atoms with E-state index in [0.29, 0.717) is 5.92 Å². The number of halogens is 2. The van der Waals surface area contributed by atoms with Gasteiger partial charge in [-0.05, 0) is 49.1 Å². The molecule has 0 spiro atoms. The molecule has 0 aliphatic carbocycles. The molecule has 1 N–H and O–H groups in total. The minimum atomic E-state index is 0.0417. The first-order chi connectivity index (χ1) is 9.54. The molecule has 1 aliphatic heterocycles. The number of nitrogens with zero attached hydrogens (tertiary/aromatic N) is 1. The standard InChI is InChI=1S/C15H20Cl2N2O/c1-11(20)18-8-12-3-2-6-19(9-12)10-13-7-14(16)4-5-15(13)17/h4-5,7,12H,2-3,6,8-10H2,1H3,(H,18,20)/t12-/m1/s1. The number of amides is 1. The molecule has 0 unspecified atom stereocenters. The minimum Gasteiger partial charge on any atom is -0.356 e. The van der Waals surface area contributed by atoms with Crippen LogP contribution in [-0.2, 0) is 11.3 Å². The molecule has 1 aromatic carbocycles. The Balaban J connectivity index is 1.92. The molecule has 1 aliphatic rings. The second kappa shape index (κ2) is 7.30. The molecular formula is C15H20Cl2N2O. The lowest BCUT2D eigenvalue weighted by Gasteiger charge is -2.33. The molecule has 110 valence electrons. The maximum absolute atomic E-state index is 11.0. The van der Waals surface area contributed by atoms with E-state index in [0.717, 1.165) is 48.2 Å². The first-order valence-corrected chi connectivity index (χ1v) is 7.71. The average Bonchev–Trinajstić information content (AvgIpc) is 2.41. The highest BCUT2D eigenvalue weighted by Crippen LogP contribution is 2.24. The number of likely N-dealkylation sites (tertiary alicyclic amines) is 1. The highest BCUT2D eigenvalue weighted by Gasteiger charge is 2.20. The first kappa shape index (κ1) is 15.6. The van der Waals surface area contributed by atoms with E-state index in [-0.39, 0.29) is 5.91 Å². The van der Waals surface area contributed by atoms with Gasteiger partial charge in [-0.15, -0.1) is 0 Å². The lowest BCUT2D eigenvalue weighted by molar-refractivity contribution is -0.119. The van der Waals surface area contributed by atoms with Gasteiger partial charge in [0.2, 0.25) is 5.91 Å². The van der Waals surface area contributed by atoms with Crippen LogP contribution in [0.3, 0.4) is 0 Å². The number of benzene rings is 1. The molecule has 3 nitrogen and oxygen atoms in total. The average molecular weight is 315 g/mol. The van der Waals surface area contributed by atoms with Gasteiger partial charge >= 0.3 is 0 Å². The summed E-state index contributed by atoms with van der Waals surface area (Å²) in [4.78, 5) is 13.4. The number of hydrogen-bond acceptors (Lipinski definition) is 2. The third-order valence-electron chi connectivity index (χ3n) is 3.64. The Morgan fingerprint density at radius 1 is 1.45 bits per heavy atom. The number of carbonyl (C=O) groups is 1. The van der Waals surface area contributed by atoms with E-state index in [1.807, 2.05) is 18.2 Å². The van der Waals surface area contributed by atoms with Crippen molar-refractivity contribution in [1.82, 2.24) is 10.2 Å². The molecule has 1 fully saturated rings. The number of hydrogen-bond donors (Lipinski definition) is 1. The summed E-state index contributed by atoms with van der Waals surface area (Å²) in [5.74, 6) is 0.561. The Morgan fingerprint density at radius 3 is 3.00 bits per heavy atom. The zero-order valence-electron chi connectivity index (χ0n) is 11.7. The Bertz CT molecular complexity index is 479. The smallest absolute Gasteiger partial charge is 0.216 e. The fourth-order valence-corrected chi connectivity index (χ4v) is 3.03. The van der Waals surface area contributed by atoms with E-state index in [1.54, 1.807) is 6.92 Å². The molecule has 1 aromatic rings. The first-order valence-electron chi connectivity index (χ1n) is 6.95. The highest BCUT2D eigenvalue weighted by atomic mass is 35.5. The van der Waals surface area contributed by atoms with Crippen LogP contribution in [-0.4, -0.2) is 30.4 Å². The SMILES string of the molecule is CC(=O)NC[C@H]1CCCN(Cc2cc(Cl)ccc2Cl)C1. The van der Waals surface area contributed by atoms with Crippen molar-refractivity contribution in [3.63, 3.8) is 0 Å². The van der Waals surface area contributed by atoms with Gasteiger partial charge in [0.15, 0.2) is 0 Å². The fourth-order valence-electron chi connectivity index (χ4n) is 2.65. The van der Waals surface area contributed by atoms with Gasteiger partial charge in [0.05, 0.1) is 0 Å². The Hall–Kier alpha value is -0.770. The topological polar surface area (TPSA) is 32.3 Å². The van der Waals surface area contributed by atoms with Gasteiger partial charge in [-0.2, -0.15) is 0 Å². The van der Waals surface area contributed by atoms with Crippen molar-refractivity contribution < 1.29 is 4.79 Å². The van der Waals surface area contributed by atoms with Crippen LogP contribution in [0.2, 0.25) is 10.0 Å². The molecule has 1 heterocycles. The zero-order valence-corrected chi connectivity index (χ0v) is 13.2. The Labute approximate surface area is 130 Å². The van der Waals surface area contributed by atoms with Crippen molar-refractivity contribution in [3.05, 3.63) is 33.8 Å². The van der Waals surface area contributed by atoms with E-state index in [1.165, 1.54) is 6.42 Å². The maximum Gasteiger partial charge on any atom is 0.216 e. The van der Waals surface area contributed by atoms with Crippen molar-refractivity contribution in [1.29, 1.82) is 0 Å². The number of nitrogens with one attached hydrogen (secondary N) is 1. The van der Waals surface area contributed by atoms with Crippen LogP contribution in [0.5, 0.6) is 0 Å². The summed E-state index contributed by atoms with van der Waals surface area (Å²) in [6.45, 7) is 5.19. The van der Waals surface area contributed by atoms with Crippen molar-refractivity contribution in [3.8, 4) is 0 Å². The third-order valence-corrected chi connectivity index (χ3v) is 4.25. The molecule has 0 aromatic heterocycles. The van der Waals surface area contributed by atoms with Crippen LogP contribution in [0.15, 0.2) is 18.2 Å². The molecule has 0 radical (unpaired) electrons. The van der Waals surface area contributed by atoms with Crippen LogP contribution < -0.4 is 5.32 Å². The molecule has 1 saturated heterocycles. The fraction of sp³-hybridized carbons (Fsp3) is 0.533. The molecule has 1 atom stereocenters. The van der Waals surface area contributed by atoms with Crippen LogP contribution in [0.4, 0.5) is 0 Å². The van der Waals surface area contributed by atoms with Crippen LogP contribution >= 0.6 is 23.2 Å². The van der Waals surface area contributed by atoms with E-state index >= 15 is 0 Å². The van der Waals surface area contributed by atoms with Crippen molar-refractivity contribution in [2.24, 2.45) is 5.92 Å².